The van der Waals surface area contributed by atoms with E-state index in [1.807, 2.05) is 62.4 Å². The molecule has 3 aliphatic rings. The molecular weight excluding hydrogens is 482 g/mol. The summed E-state index contributed by atoms with van der Waals surface area (Å²) >= 11 is 0. The van der Waals surface area contributed by atoms with Gasteiger partial charge in [-0.2, -0.15) is 0 Å². The largest absolute Gasteiger partial charge is 0.396 e. The Labute approximate surface area is 223 Å². The van der Waals surface area contributed by atoms with E-state index in [9.17, 15) is 14.4 Å². The fourth-order valence-corrected chi connectivity index (χ4v) is 6.69. The van der Waals surface area contributed by atoms with Crippen molar-refractivity contribution in [3.8, 4) is 0 Å². The number of nitrogens with one attached hydrogen (secondary N) is 2. The molecule has 0 aromatic heterocycles. The third kappa shape index (κ3) is 4.60. The van der Waals surface area contributed by atoms with E-state index in [1.54, 1.807) is 4.90 Å². The van der Waals surface area contributed by atoms with Crippen molar-refractivity contribution in [2.24, 2.45) is 11.8 Å². The second-order valence-corrected chi connectivity index (χ2v) is 10.8. The van der Waals surface area contributed by atoms with E-state index in [4.69, 9.17) is 9.84 Å². The summed E-state index contributed by atoms with van der Waals surface area (Å²) in [6.07, 6.45) is 3.93. The molecule has 202 valence electrons. The van der Waals surface area contributed by atoms with Gasteiger partial charge < -0.3 is 25.4 Å². The molecule has 1 spiro atoms. The van der Waals surface area contributed by atoms with Crippen LogP contribution in [0, 0.1) is 25.7 Å². The maximum atomic E-state index is 14.0. The van der Waals surface area contributed by atoms with Crippen LogP contribution in [0.3, 0.4) is 0 Å². The third-order valence-corrected chi connectivity index (χ3v) is 8.43. The molecule has 3 aliphatic heterocycles. The highest BCUT2D eigenvalue weighted by molar-refractivity contribution is 6.05. The van der Waals surface area contributed by atoms with E-state index in [0.29, 0.717) is 37.9 Å². The van der Waals surface area contributed by atoms with Crippen LogP contribution >= 0.6 is 0 Å². The molecule has 0 saturated carbocycles. The highest BCUT2D eigenvalue weighted by atomic mass is 16.5. The van der Waals surface area contributed by atoms with Crippen molar-refractivity contribution in [3.05, 3.63) is 59.7 Å². The number of anilines is 2. The summed E-state index contributed by atoms with van der Waals surface area (Å²) in [7, 11) is 0. The van der Waals surface area contributed by atoms with Crippen LogP contribution in [0.15, 0.2) is 48.5 Å². The Morgan fingerprint density at radius 2 is 1.68 bits per heavy atom. The van der Waals surface area contributed by atoms with Crippen molar-refractivity contribution in [2.45, 2.75) is 70.1 Å². The number of likely N-dealkylation sites (tertiary alicyclic amines) is 1. The van der Waals surface area contributed by atoms with Crippen molar-refractivity contribution in [2.75, 3.05) is 23.8 Å². The molecule has 3 fully saturated rings. The number of rotatable bonds is 10. The fraction of sp³-hybridized carbons (Fsp3) is 0.500. The van der Waals surface area contributed by atoms with Crippen LogP contribution in [-0.4, -0.2) is 58.6 Å². The van der Waals surface area contributed by atoms with Gasteiger partial charge in [-0.1, -0.05) is 49.2 Å². The fourth-order valence-electron chi connectivity index (χ4n) is 6.69. The number of ether oxygens (including phenoxy) is 1. The molecule has 3 heterocycles. The first-order chi connectivity index (χ1) is 18.4. The van der Waals surface area contributed by atoms with E-state index in [1.165, 1.54) is 0 Å². The minimum Gasteiger partial charge on any atom is -0.396 e. The number of aliphatic hydroxyl groups is 1. The van der Waals surface area contributed by atoms with Crippen molar-refractivity contribution >= 4 is 29.1 Å². The second kappa shape index (κ2) is 10.9. The number of carbonyl (C=O) groups excluding carboxylic acids is 3. The number of nitrogens with zero attached hydrogens (tertiary/aromatic N) is 1. The molecule has 3 amide bonds. The maximum absolute atomic E-state index is 14.0. The molecule has 3 N–H and O–H groups in total. The van der Waals surface area contributed by atoms with E-state index in [0.717, 1.165) is 29.7 Å². The van der Waals surface area contributed by atoms with Gasteiger partial charge in [0, 0.05) is 24.5 Å². The number of aryl methyl sites for hydroxylation is 2. The smallest absolute Gasteiger partial charge is 0.250 e. The molecule has 2 aromatic carbocycles. The molecule has 0 aliphatic carbocycles. The third-order valence-electron chi connectivity index (χ3n) is 8.43. The van der Waals surface area contributed by atoms with E-state index in [-0.39, 0.29) is 24.3 Å². The summed E-state index contributed by atoms with van der Waals surface area (Å²) in [6.45, 7) is 4.45. The standard InChI is InChI=1S/C30H37N3O5/c1-19-11-10-12-20(2)25(19)32-28(36)26-30-16-15-22(38-30)23(27(35)31-21-13-6-5-7-14-21)24(30)29(37)33(26)17-8-3-4-9-18-34/h5-7,10-14,22-24,26,34H,3-4,8-9,15-18H2,1-2H3,(H,31,35)(H,32,36)/t22-,23+,24-,26?,30?/m0/s1. The van der Waals surface area contributed by atoms with Crippen LogP contribution in [0.1, 0.15) is 49.7 Å². The molecule has 2 unspecified atom stereocenters. The number of amides is 3. The first kappa shape index (κ1) is 26.4. The molecular formula is C30H37N3O5. The minimum absolute atomic E-state index is 0.141. The summed E-state index contributed by atoms with van der Waals surface area (Å²) in [5.41, 5.74) is 2.29. The van der Waals surface area contributed by atoms with Crippen molar-refractivity contribution in [1.29, 1.82) is 0 Å². The van der Waals surface area contributed by atoms with Gasteiger partial charge in [0.1, 0.15) is 11.6 Å². The van der Waals surface area contributed by atoms with Gasteiger partial charge in [-0.25, -0.2) is 0 Å². The number of unbranched alkanes of at least 4 members (excludes halogenated alkanes) is 3. The first-order valence-electron chi connectivity index (χ1n) is 13.7. The molecule has 8 heteroatoms. The summed E-state index contributed by atoms with van der Waals surface area (Å²) < 4.78 is 6.52. The van der Waals surface area contributed by atoms with Gasteiger partial charge >= 0.3 is 0 Å². The van der Waals surface area contributed by atoms with E-state index < -0.39 is 29.6 Å². The Morgan fingerprint density at radius 3 is 2.39 bits per heavy atom. The van der Waals surface area contributed by atoms with Crippen LogP contribution in [0.4, 0.5) is 11.4 Å². The Kier molecular flexibility index (Phi) is 7.54. The summed E-state index contributed by atoms with van der Waals surface area (Å²) in [6, 6.07) is 14.2. The van der Waals surface area contributed by atoms with Crippen LogP contribution in [-0.2, 0) is 19.1 Å². The molecule has 2 bridgehead atoms. The van der Waals surface area contributed by atoms with Crippen LogP contribution in [0.5, 0.6) is 0 Å². The second-order valence-electron chi connectivity index (χ2n) is 10.8. The van der Waals surface area contributed by atoms with Crippen molar-refractivity contribution in [3.63, 3.8) is 0 Å². The lowest BCUT2D eigenvalue weighted by Gasteiger charge is -2.33. The first-order valence-corrected chi connectivity index (χ1v) is 13.7. The minimum atomic E-state index is -1.02. The van der Waals surface area contributed by atoms with E-state index in [2.05, 4.69) is 10.6 Å². The van der Waals surface area contributed by atoms with Crippen LogP contribution in [0.25, 0.3) is 0 Å². The number of benzene rings is 2. The lowest BCUT2D eigenvalue weighted by Crippen LogP contribution is -2.53. The Balaban J connectivity index is 1.44. The number of carbonyl (C=O) groups is 3. The van der Waals surface area contributed by atoms with Gasteiger partial charge in [0.15, 0.2) is 0 Å². The number of para-hydroxylation sites is 2. The van der Waals surface area contributed by atoms with Crippen LogP contribution in [0.2, 0.25) is 0 Å². The zero-order valence-corrected chi connectivity index (χ0v) is 22.1. The Hall–Kier alpha value is -3.23. The van der Waals surface area contributed by atoms with Crippen molar-refractivity contribution < 1.29 is 24.2 Å². The lowest BCUT2D eigenvalue weighted by atomic mass is 9.70. The molecule has 2 aromatic rings. The summed E-state index contributed by atoms with van der Waals surface area (Å²) in [4.78, 5) is 43.2. The Bertz CT molecular complexity index is 1180. The van der Waals surface area contributed by atoms with Gasteiger partial charge in [-0.15, -0.1) is 0 Å². The van der Waals surface area contributed by atoms with Gasteiger partial charge in [-0.05, 0) is 62.8 Å². The Morgan fingerprint density at radius 1 is 0.974 bits per heavy atom. The number of fused-ring (bicyclic) bond motifs is 1. The molecule has 0 radical (unpaired) electrons. The average Bonchev–Trinajstić information content (AvgIpc) is 3.54. The maximum Gasteiger partial charge on any atom is 0.250 e. The topological polar surface area (TPSA) is 108 Å². The number of hydrogen-bond acceptors (Lipinski definition) is 5. The van der Waals surface area contributed by atoms with Gasteiger partial charge in [0.25, 0.3) is 0 Å². The number of aliphatic hydroxyl groups excluding tert-OH is 1. The molecule has 38 heavy (non-hydrogen) atoms. The van der Waals surface area contributed by atoms with Gasteiger partial charge in [0.2, 0.25) is 17.7 Å². The molecule has 5 rings (SSSR count). The monoisotopic (exact) mass is 519 g/mol. The van der Waals surface area contributed by atoms with Gasteiger partial charge in [0.05, 0.1) is 17.9 Å². The average molecular weight is 520 g/mol. The normalized spacial score (nSPS) is 27.4. The molecule has 5 atom stereocenters. The predicted octanol–water partition coefficient (Wildman–Crippen LogP) is 3.81. The highest BCUT2D eigenvalue weighted by Gasteiger charge is 2.74. The molecule has 8 nitrogen and oxygen atoms in total. The van der Waals surface area contributed by atoms with Crippen molar-refractivity contribution in [1.82, 2.24) is 4.90 Å². The quantitative estimate of drug-likeness (QED) is 0.414. The lowest BCUT2D eigenvalue weighted by molar-refractivity contribution is -0.139. The highest BCUT2D eigenvalue weighted by Crippen LogP contribution is 2.58. The van der Waals surface area contributed by atoms with Crippen LogP contribution < -0.4 is 10.6 Å². The predicted molar refractivity (Wildman–Crippen MR) is 144 cm³/mol. The van der Waals surface area contributed by atoms with Gasteiger partial charge in [-0.3, -0.25) is 14.4 Å². The summed E-state index contributed by atoms with van der Waals surface area (Å²) in [5.74, 6) is -2.02. The zero-order valence-electron chi connectivity index (χ0n) is 22.1. The SMILES string of the molecule is Cc1cccc(C)c1NC(=O)C1N(CCCCCCO)C(=O)[C@@H]2[C@H](C(=O)Nc3ccccc3)[C@@H]3CCC12O3. The molecule has 3 saturated heterocycles. The van der Waals surface area contributed by atoms with E-state index >= 15 is 0 Å². The number of hydrogen-bond donors (Lipinski definition) is 3. The summed E-state index contributed by atoms with van der Waals surface area (Å²) in [5, 5.41) is 15.2. The zero-order chi connectivity index (χ0) is 26.9.